The molecule has 0 saturated heterocycles. The zero-order chi connectivity index (χ0) is 15.5. The molecule has 1 fully saturated rings. The van der Waals surface area contributed by atoms with Crippen molar-refractivity contribution in [2.75, 3.05) is 0 Å². The first-order chi connectivity index (χ1) is 10.5. The highest BCUT2D eigenvalue weighted by Gasteiger charge is 2.43. The van der Waals surface area contributed by atoms with Gasteiger partial charge in [0.1, 0.15) is 5.82 Å². The van der Waals surface area contributed by atoms with E-state index < -0.39 is 33.1 Å². The van der Waals surface area contributed by atoms with E-state index in [1.165, 1.54) is 10.7 Å². The number of hydrogen-bond donors (Lipinski definition) is 0. The van der Waals surface area contributed by atoms with Crippen molar-refractivity contribution in [3.05, 3.63) is 41.5 Å². The van der Waals surface area contributed by atoms with E-state index in [1.807, 2.05) is 0 Å². The van der Waals surface area contributed by atoms with Gasteiger partial charge in [-0.15, -0.1) is 5.10 Å². The van der Waals surface area contributed by atoms with Gasteiger partial charge in [0.15, 0.2) is 12.0 Å². The predicted molar refractivity (Wildman–Crippen MR) is 73.2 cm³/mol. The summed E-state index contributed by atoms with van der Waals surface area (Å²) in [7, 11) is -3.59. The minimum Gasteiger partial charge on any atom is -0.239 e. The molecule has 5 nitrogen and oxygen atoms in total. The molecule has 1 aliphatic carbocycles. The lowest BCUT2D eigenvalue weighted by Crippen LogP contribution is -2.13. The van der Waals surface area contributed by atoms with E-state index >= 15 is 0 Å². The average Bonchev–Trinajstić information content (AvgIpc) is 3.17. The van der Waals surface area contributed by atoms with Crippen LogP contribution in [0.25, 0.3) is 0 Å². The van der Waals surface area contributed by atoms with Gasteiger partial charge in [0.05, 0.1) is 11.3 Å². The van der Waals surface area contributed by atoms with Gasteiger partial charge in [-0.05, 0) is 18.9 Å². The Hall–Kier alpha value is -1.83. The summed E-state index contributed by atoms with van der Waals surface area (Å²) in [6.07, 6.45) is -0.260. The maximum absolute atomic E-state index is 14.2. The Morgan fingerprint density at radius 3 is 2.64 bits per heavy atom. The zero-order valence-electron chi connectivity index (χ0n) is 11.5. The summed E-state index contributed by atoms with van der Waals surface area (Å²) in [6, 6.07) is 5.38. The largest absolute Gasteiger partial charge is 0.267 e. The molecule has 0 radical (unpaired) electrons. The van der Waals surface area contributed by atoms with Gasteiger partial charge in [-0.25, -0.2) is 21.9 Å². The minimum atomic E-state index is -3.59. The molecule has 2 heterocycles. The van der Waals surface area contributed by atoms with Crippen LogP contribution in [0.15, 0.2) is 29.4 Å². The second kappa shape index (κ2) is 4.58. The molecule has 1 aromatic heterocycles. The molecular formula is C14H13F2N3O2S. The lowest BCUT2D eigenvalue weighted by atomic mass is 10.0. The van der Waals surface area contributed by atoms with E-state index in [0.717, 1.165) is 0 Å². The van der Waals surface area contributed by atoms with Crippen molar-refractivity contribution in [2.24, 2.45) is 0 Å². The lowest BCUT2D eigenvalue weighted by molar-refractivity contribution is 0.325. The molecule has 2 aromatic rings. The van der Waals surface area contributed by atoms with E-state index in [0.29, 0.717) is 18.4 Å². The van der Waals surface area contributed by atoms with Crippen molar-refractivity contribution in [3.8, 4) is 0 Å². The second-order valence-electron chi connectivity index (χ2n) is 5.68. The highest BCUT2D eigenvalue weighted by Crippen LogP contribution is 2.41. The first kappa shape index (κ1) is 13.8. The van der Waals surface area contributed by atoms with Crippen LogP contribution in [0.4, 0.5) is 8.78 Å². The highest BCUT2D eigenvalue weighted by atomic mass is 32.2. The third kappa shape index (κ3) is 1.97. The third-order valence-corrected chi connectivity index (χ3v) is 6.16. The Bertz CT molecular complexity index is 846. The number of alkyl halides is 1. The fraction of sp³-hybridized carbons (Fsp3) is 0.429. The van der Waals surface area contributed by atoms with Crippen LogP contribution in [0.1, 0.15) is 42.9 Å². The molecular weight excluding hydrogens is 312 g/mol. The fourth-order valence-electron chi connectivity index (χ4n) is 2.81. The van der Waals surface area contributed by atoms with Gasteiger partial charge < -0.3 is 0 Å². The number of halogens is 2. The van der Waals surface area contributed by atoms with Crippen LogP contribution in [-0.2, 0) is 9.84 Å². The number of rotatable bonds is 3. The molecule has 0 spiro atoms. The van der Waals surface area contributed by atoms with Gasteiger partial charge in [-0.3, -0.25) is 0 Å². The van der Waals surface area contributed by atoms with Crippen LogP contribution in [0.2, 0.25) is 0 Å². The predicted octanol–water partition coefficient (Wildman–Crippen LogP) is 2.36. The van der Waals surface area contributed by atoms with Gasteiger partial charge in [-0.1, -0.05) is 18.2 Å². The summed E-state index contributed by atoms with van der Waals surface area (Å²) < 4.78 is 53.7. The van der Waals surface area contributed by atoms with Crippen molar-refractivity contribution >= 4 is 9.84 Å². The number of fused-ring (bicyclic) bond motifs is 1. The standard InChI is InChI=1S/C14H13F2N3O2S/c15-10-4-2-1-3-9(10)12-7-11(16)13-17-14(18-19(12)13)22(20,21)8-5-6-8/h1-4,8,11-12H,5-7H2/t11-,12-/m0/s1. The smallest absolute Gasteiger partial charge is 0.239 e. The van der Waals surface area contributed by atoms with Gasteiger partial charge in [0, 0.05) is 12.0 Å². The first-order valence-electron chi connectivity index (χ1n) is 7.07. The van der Waals surface area contributed by atoms with E-state index in [4.69, 9.17) is 0 Å². The molecule has 1 aliphatic heterocycles. The van der Waals surface area contributed by atoms with Crippen LogP contribution < -0.4 is 0 Å². The van der Waals surface area contributed by atoms with Crippen molar-refractivity contribution in [1.82, 2.24) is 14.8 Å². The molecule has 1 saturated carbocycles. The molecule has 0 unspecified atom stereocenters. The van der Waals surface area contributed by atoms with E-state index in [9.17, 15) is 17.2 Å². The minimum absolute atomic E-state index is 0.0139. The average molecular weight is 325 g/mol. The first-order valence-corrected chi connectivity index (χ1v) is 8.62. The molecule has 8 heteroatoms. The van der Waals surface area contributed by atoms with E-state index in [-0.39, 0.29) is 17.4 Å². The topological polar surface area (TPSA) is 64.8 Å². The molecule has 1 aromatic carbocycles. The van der Waals surface area contributed by atoms with Gasteiger partial charge >= 0.3 is 0 Å². The zero-order valence-corrected chi connectivity index (χ0v) is 12.3. The van der Waals surface area contributed by atoms with Gasteiger partial charge in [0.2, 0.25) is 9.84 Å². The third-order valence-electron chi connectivity index (χ3n) is 4.13. The number of nitrogens with zero attached hydrogens (tertiary/aromatic N) is 3. The Morgan fingerprint density at radius 2 is 1.95 bits per heavy atom. The summed E-state index contributed by atoms with van der Waals surface area (Å²) in [5.74, 6) is -0.498. The Labute approximate surface area is 125 Å². The lowest BCUT2D eigenvalue weighted by Gasteiger charge is -2.12. The number of aromatic nitrogens is 3. The molecule has 22 heavy (non-hydrogen) atoms. The van der Waals surface area contributed by atoms with Crippen molar-refractivity contribution in [2.45, 2.75) is 41.9 Å². The quantitative estimate of drug-likeness (QED) is 0.869. The molecule has 4 rings (SSSR count). The number of hydrogen-bond acceptors (Lipinski definition) is 4. The van der Waals surface area contributed by atoms with Crippen LogP contribution in [-0.4, -0.2) is 28.4 Å². The van der Waals surface area contributed by atoms with Crippen molar-refractivity contribution in [3.63, 3.8) is 0 Å². The molecule has 2 aliphatic rings. The van der Waals surface area contributed by atoms with Gasteiger partial charge in [-0.2, -0.15) is 4.98 Å². The van der Waals surface area contributed by atoms with Crippen LogP contribution in [0.3, 0.4) is 0 Å². The van der Waals surface area contributed by atoms with Crippen molar-refractivity contribution in [1.29, 1.82) is 0 Å². The molecule has 0 bridgehead atoms. The van der Waals surface area contributed by atoms with Crippen molar-refractivity contribution < 1.29 is 17.2 Å². The maximum Gasteiger partial charge on any atom is 0.267 e. The Kier molecular flexibility index (Phi) is 2.87. The highest BCUT2D eigenvalue weighted by molar-refractivity contribution is 7.92. The summed E-state index contributed by atoms with van der Waals surface area (Å²) in [5, 5.41) is 3.19. The Morgan fingerprint density at radius 1 is 1.23 bits per heavy atom. The SMILES string of the molecule is O=S(=O)(c1nc2n(n1)[C@H](c1ccccc1F)C[C@@H]2F)C1CC1. The maximum atomic E-state index is 14.2. The normalized spacial score (nSPS) is 24.5. The van der Waals surface area contributed by atoms with Crippen LogP contribution in [0, 0.1) is 5.82 Å². The number of benzene rings is 1. The Balaban J connectivity index is 1.80. The molecule has 0 N–H and O–H groups in total. The van der Waals surface area contributed by atoms with E-state index in [2.05, 4.69) is 10.1 Å². The summed E-state index contributed by atoms with van der Waals surface area (Å²) in [6.45, 7) is 0. The molecule has 0 amide bonds. The van der Waals surface area contributed by atoms with Crippen LogP contribution >= 0.6 is 0 Å². The summed E-state index contributed by atoms with van der Waals surface area (Å²) >= 11 is 0. The van der Waals surface area contributed by atoms with Crippen LogP contribution in [0.5, 0.6) is 0 Å². The summed E-state index contributed by atoms with van der Waals surface area (Å²) in [4.78, 5) is 3.88. The summed E-state index contributed by atoms with van der Waals surface area (Å²) in [5.41, 5.74) is 0.296. The fourth-order valence-corrected chi connectivity index (χ4v) is 4.29. The monoisotopic (exact) mass is 325 g/mol. The van der Waals surface area contributed by atoms with Gasteiger partial charge in [0.25, 0.3) is 5.16 Å². The van der Waals surface area contributed by atoms with E-state index in [1.54, 1.807) is 18.2 Å². The second-order valence-corrected chi connectivity index (χ2v) is 7.80. The molecule has 116 valence electrons. The number of sulfone groups is 1. The molecule has 2 atom stereocenters.